The fraction of sp³-hybridized carbons (Fsp3) is 0.211. The van der Waals surface area contributed by atoms with Crippen LogP contribution in [0.1, 0.15) is 5.56 Å². The number of nitriles is 1. The van der Waals surface area contributed by atoms with Gasteiger partial charge in [-0.3, -0.25) is 14.5 Å². The second kappa shape index (κ2) is 9.57. The van der Waals surface area contributed by atoms with Gasteiger partial charge in [0.05, 0.1) is 37.5 Å². The lowest BCUT2D eigenvalue weighted by Gasteiger charge is -2.17. The van der Waals surface area contributed by atoms with Gasteiger partial charge in [0.2, 0.25) is 11.8 Å². The van der Waals surface area contributed by atoms with Crippen molar-refractivity contribution in [1.82, 2.24) is 4.90 Å². The molecule has 2 N–H and O–H groups in total. The van der Waals surface area contributed by atoms with Gasteiger partial charge in [-0.05, 0) is 43.4 Å². The first-order valence-corrected chi connectivity index (χ1v) is 8.41. The zero-order chi connectivity index (χ0) is 19.8. The summed E-state index contributed by atoms with van der Waals surface area (Å²) in [6.07, 6.45) is 0. The maximum Gasteiger partial charge on any atom is 0.238 e. The number of carbonyl (C=O) groups excluding carboxylic acids is 2. The van der Waals surface area contributed by atoms with Crippen LogP contribution in [0.5, 0.6) is 5.75 Å². The van der Waals surface area contributed by atoms with Crippen LogP contribution in [-0.4, -0.2) is 44.0 Å². The van der Waals surface area contributed by atoms with Gasteiger partial charge in [0, 0.05) is 10.7 Å². The van der Waals surface area contributed by atoms with E-state index in [9.17, 15) is 9.59 Å². The highest BCUT2D eigenvalue weighted by Crippen LogP contribution is 2.27. The van der Waals surface area contributed by atoms with E-state index in [1.54, 1.807) is 54.4 Å². The minimum Gasteiger partial charge on any atom is -0.495 e. The maximum absolute atomic E-state index is 12.2. The van der Waals surface area contributed by atoms with Gasteiger partial charge < -0.3 is 15.4 Å². The van der Waals surface area contributed by atoms with E-state index >= 15 is 0 Å². The molecule has 2 aromatic carbocycles. The molecule has 2 amide bonds. The Morgan fingerprint density at radius 3 is 2.52 bits per heavy atom. The molecule has 0 radical (unpaired) electrons. The van der Waals surface area contributed by atoms with Gasteiger partial charge in [-0.15, -0.1) is 0 Å². The number of nitrogens with one attached hydrogen (secondary N) is 2. The second-order valence-corrected chi connectivity index (χ2v) is 6.24. The van der Waals surface area contributed by atoms with Crippen LogP contribution in [-0.2, 0) is 9.59 Å². The Bertz CT molecular complexity index is 879. The molecular formula is C19H19ClN4O3. The van der Waals surface area contributed by atoms with Crippen LogP contribution in [0.2, 0.25) is 5.02 Å². The summed E-state index contributed by atoms with van der Waals surface area (Å²) < 4.78 is 5.18. The van der Waals surface area contributed by atoms with Crippen molar-refractivity contribution in [2.24, 2.45) is 0 Å². The number of carbonyl (C=O) groups is 2. The molecule has 0 aliphatic rings. The van der Waals surface area contributed by atoms with E-state index in [-0.39, 0.29) is 24.9 Å². The summed E-state index contributed by atoms with van der Waals surface area (Å²) in [6, 6.07) is 13.5. The van der Waals surface area contributed by atoms with Crippen molar-refractivity contribution in [3.05, 3.63) is 53.1 Å². The van der Waals surface area contributed by atoms with Gasteiger partial charge in [-0.2, -0.15) is 5.26 Å². The molecule has 2 rings (SSSR count). The van der Waals surface area contributed by atoms with Crippen molar-refractivity contribution in [1.29, 1.82) is 5.26 Å². The molecule has 2 aromatic rings. The molecule has 0 saturated heterocycles. The van der Waals surface area contributed by atoms with E-state index < -0.39 is 0 Å². The Morgan fingerprint density at radius 1 is 1.15 bits per heavy atom. The first-order chi connectivity index (χ1) is 12.9. The van der Waals surface area contributed by atoms with Crippen LogP contribution in [0.15, 0.2) is 42.5 Å². The first kappa shape index (κ1) is 20.2. The minimum absolute atomic E-state index is 0.00131. The monoisotopic (exact) mass is 386 g/mol. The number of amides is 2. The molecular weight excluding hydrogens is 368 g/mol. The van der Waals surface area contributed by atoms with Gasteiger partial charge in [0.1, 0.15) is 5.75 Å². The van der Waals surface area contributed by atoms with Crippen molar-refractivity contribution < 1.29 is 14.3 Å². The molecule has 0 aliphatic heterocycles. The number of rotatable bonds is 7. The maximum atomic E-state index is 12.2. The van der Waals surface area contributed by atoms with Gasteiger partial charge in [0.15, 0.2) is 0 Å². The molecule has 27 heavy (non-hydrogen) atoms. The number of likely N-dealkylation sites (N-methyl/N-ethyl adjacent to an activating group) is 1. The highest BCUT2D eigenvalue weighted by molar-refractivity contribution is 6.31. The zero-order valence-corrected chi connectivity index (χ0v) is 15.7. The fourth-order valence-corrected chi connectivity index (χ4v) is 2.55. The van der Waals surface area contributed by atoms with Gasteiger partial charge in [-0.25, -0.2) is 0 Å². The summed E-state index contributed by atoms with van der Waals surface area (Å²) in [5.74, 6) is -0.108. The smallest absolute Gasteiger partial charge is 0.238 e. The zero-order valence-electron chi connectivity index (χ0n) is 15.0. The highest BCUT2D eigenvalue weighted by Gasteiger charge is 2.13. The molecule has 0 aliphatic carbocycles. The SMILES string of the molecule is COc1ccc(Cl)cc1NC(=O)CN(C)CC(=O)Nc1cccc(C#N)c1. The van der Waals surface area contributed by atoms with Crippen molar-refractivity contribution in [2.45, 2.75) is 0 Å². The Morgan fingerprint density at radius 2 is 1.85 bits per heavy atom. The highest BCUT2D eigenvalue weighted by atomic mass is 35.5. The summed E-state index contributed by atoms with van der Waals surface area (Å²) in [6.45, 7) is 0.0121. The standard InChI is InChI=1S/C19H19ClN4O3/c1-24(11-18(25)22-15-5-3-4-13(8-15)10-21)12-19(26)23-16-9-14(20)6-7-17(16)27-2/h3-9H,11-12H2,1-2H3,(H,22,25)(H,23,26). The molecule has 0 atom stereocenters. The number of benzene rings is 2. The Labute approximate surface area is 162 Å². The number of anilines is 2. The van der Waals surface area contributed by atoms with Crippen molar-refractivity contribution in [2.75, 3.05) is 37.9 Å². The van der Waals surface area contributed by atoms with Gasteiger partial charge >= 0.3 is 0 Å². The van der Waals surface area contributed by atoms with E-state index in [0.29, 0.717) is 27.7 Å². The molecule has 0 aromatic heterocycles. The summed E-state index contributed by atoms with van der Waals surface area (Å²) in [7, 11) is 3.15. The molecule has 8 heteroatoms. The van der Waals surface area contributed by atoms with Crippen LogP contribution < -0.4 is 15.4 Å². The summed E-state index contributed by atoms with van der Waals surface area (Å²) >= 11 is 5.94. The average molecular weight is 387 g/mol. The van der Waals surface area contributed by atoms with E-state index in [0.717, 1.165) is 0 Å². The predicted octanol–water partition coefficient (Wildman–Crippen LogP) is 2.73. The van der Waals surface area contributed by atoms with Crippen molar-refractivity contribution in [3.8, 4) is 11.8 Å². The van der Waals surface area contributed by atoms with Crippen molar-refractivity contribution >= 4 is 34.8 Å². The predicted molar refractivity (Wildman–Crippen MR) is 104 cm³/mol. The third kappa shape index (κ3) is 6.29. The van der Waals surface area contributed by atoms with Crippen LogP contribution in [0.4, 0.5) is 11.4 Å². The third-order valence-electron chi connectivity index (χ3n) is 3.54. The third-order valence-corrected chi connectivity index (χ3v) is 3.77. The average Bonchev–Trinajstić information content (AvgIpc) is 2.61. The van der Waals surface area contributed by atoms with Crippen molar-refractivity contribution in [3.63, 3.8) is 0 Å². The quantitative estimate of drug-likeness (QED) is 0.763. The van der Waals surface area contributed by atoms with Crippen LogP contribution in [0, 0.1) is 11.3 Å². The number of halogens is 1. The Hall–Kier alpha value is -3.08. The van der Waals surface area contributed by atoms with E-state index in [2.05, 4.69) is 10.6 Å². The number of hydrogen-bond acceptors (Lipinski definition) is 5. The largest absolute Gasteiger partial charge is 0.495 e. The summed E-state index contributed by atoms with van der Waals surface area (Å²) in [5, 5.41) is 14.8. The Kier molecular flexibility index (Phi) is 7.17. The van der Waals surface area contributed by atoms with Crippen LogP contribution in [0.25, 0.3) is 0 Å². The number of hydrogen-bond donors (Lipinski definition) is 2. The lowest BCUT2D eigenvalue weighted by Crippen LogP contribution is -2.36. The van der Waals surface area contributed by atoms with E-state index in [1.165, 1.54) is 7.11 Å². The normalized spacial score (nSPS) is 10.2. The summed E-state index contributed by atoms with van der Waals surface area (Å²) in [4.78, 5) is 25.9. The molecule has 0 unspecified atom stereocenters. The second-order valence-electron chi connectivity index (χ2n) is 5.81. The topological polar surface area (TPSA) is 94.5 Å². The Balaban J connectivity index is 1.88. The van der Waals surface area contributed by atoms with Crippen LogP contribution in [0.3, 0.4) is 0 Å². The fourth-order valence-electron chi connectivity index (χ4n) is 2.38. The molecule has 7 nitrogen and oxygen atoms in total. The van der Waals surface area contributed by atoms with Gasteiger partial charge in [0.25, 0.3) is 0 Å². The molecule has 0 bridgehead atoms. The summed E-state index contributed by atoms with van der Waals surface area (Å²) in [5.41, 5.74) is 1.44. The lowest BCUT2D eigenvalue weighted by atomic mass is 10.2. The lowest BCUT2D eigenvalue weighted by molar-refractivity contribution is -0.119. The molecule has 140 valence electrons. The van der Waals surface area contributed by atoms with Gasteiger partial charge in [-0.1, -0.05) is 17.7 Å². The van der Waals surface area contributed by atoms with E-state index in [4.69, 9.17) is 21.6 Å². The van der Waals surface area contributed by atoms with Crippen LogP contribution >= 0.6 is 11.6 Å². The number of methoxy groups -OCH3 is 1. The minimum atomic E-state index is -0.308. The van der Waals surface area contributed by atoms with E-state index in [1.807, 2.05) is 6.07 Å². The first-order valence-electron chi connectivity index (χ1n) is 8.03. The molecule has 0 fully saturated rings. The number of ether oxygens (including phenoxy) is 1. The molecule has 0 spiro atoms. The molecule has 0 heterocycles. The molecule has 0 saturated carbocycles. The number of nitrogens with zero attached hydrogens (tertiary/aromatic N) is 2.